The number of aromatic nitrogens is 2. The summed E-state index contributed by atoms with van der Waals surface area (Å²) >= 11 is 0. The van der Waals surface area contributed by atoms with E-state index < -0.39 is 0 Å². The lowest BCUT2D eigenvalue weighted by molar-refractivity contribution is 0.475. The molecule has 2 aromatic carbocycles. The topological polar surface area (TPSA) is 66.2 Å². The van der Waals surface area contributed by atoms with Crippen molar-refractivity contribution in [2.45, 2.75) is 0 Å². The van der Waals surface area contributed by atoms with Gasteiger partial charge in [-0.15, -0.1) is 0 Å². The summed E-state index contributed by atoms with van der Waals surface area (Å²) in [6.45, 7) is 0. The summed E-state index contributed by atoms with van der Waals surface area (Å²) in [5.41, 5.74) is 2.34. The summed E-state index contributed by atoms with van der Waals surface area (Å²) in [4.78, 5) is 8.61. The lowest BCUT2D eigenvalue weighted by Crippen LogP contribution is -1.87. The molecule has 0 amide bonds. The van der Waals surface area contributed by atoms with Crippen LogP contribution in [0.25, 0.3) is 22.1 Å². The van der Waals surface area contributed by atoms with Gasteiger partial charge in [0.1, 0.15) is 17.0 Å². The third-order valence-electron chi connectivity index (χ3n) is 2.43. The molecule has 2 N–H and O–H groups in total. The molecule has 3 aromatic rings. The van der Waals surface area contributed by atoms with Crippen molar-refractivity contribution >= 4 is 22.1 Å². The smallest absolute Gasteiger partial charge is 0.143 e. The molecule has 0 fully saturated rings. The summed E-state index contributed by atoms with van der Waals surface area (Å²) in [5.74, 6) is 0.229. The maximum Gasteiger partial charge on any atom is 0.143 e. The van der Waals surface area contributed by atoms with Gasteiger partial charge in [0, 0.05) is 6.07 Å². The Kier molecular flexibility index (Phi) is 1.71. The molecule has 0 atom stereocenters. The van der Waals surface area contributed by atoms with Gasteiger partial charge in [-0.1, -0.05) is 6.07 Å². The average molecular weight is 212 g/mol. The van der Waals surface area contributed by atoms with Gasteiger partial charge in [-0.25, -0.2) is 9.97 Å². The fourth-order valence-corrected chi connectivity index (χ4v) is 1.67. The van der Waals surface area contributed by atoms with Gasteiger partial charge in [0.05, 0.1) is 16.6 Å². The summed E-state index contributed by atoms with van der Waals surface area (Å²) in [6.07, 6.45) is 0. The molecule has 0 unspecified atom stereocenters. The fraction of sp³-hybridized carbons (Fsp3) is 0. The van der Waals surface area contributed by atoms with Crippen LogP contribution in [0.3, 0.4) is 0 Å². The van der Waals surface area contributed by atoms with Crippen molar-refractivity contribution in [2.24, 2.45) is 0 Å². The van der Waals surface area contributed by atoms with Crippen LogP contribution in [0.1, 0.15) is 0 Å². The monoisotopic (exact) mass is 212 g/mol. The van der Waals surface area contributed by atoms with Crippen molar-refractivity contribution in [3.8, 4) is 11.5 Å². The zero-order valence-corrected chi connectivity index (χ0v) is 8.25. The van der Waals surface area contributed by atoms with Crippen LogP contribution < -0.4 is 0 Å². The molecule has 0 saturated heterocycles. The Morgan fingerprint density at radius 1 is 0.812 bits per heavy atom. The van der Waals surface area contributed by atoms with E-state index in [0.29, 0.717) is 22.1 Å². The average Bonchev–Trinajstić information content (AvgIpc) is 2.28. The Hall–Kier alpha value is -2.36. The number of aromatic hydroxyl groups is 2. The Balaban J connectivity index is 2.49. The molecule has 1 aromatic heterocycles. The second-order valence-electron chi connectivity index (χ2n) is 3.54. The molecule has 0 bridgehead atoms. The predicted octanol–water partition coefficient (Wildman–Crippen LogP) is 2.19. The molecule has 0 spiro atoms. The zero-order chi connectivity index (χ0) is 11.1. The third kappa shape index (κ3) is 1.24. The van der Waals surface area contributed by atoms with E-state index >= 15 is 0 Å². The van der Waals surface area contributed by atoms with Crippen LogP contribution in [0, 0.1) is 0 Å². The first-order chi connectivity index (χ1) is 7.74. The molecule has 3 rings (SSSR count). The molecular weight excluding hydrogens is 204 g/mol. The number of para-hydroxylation sites is 1. The van der Waals surface area contributed by atoms with Crippen LogP contribution in [-0.2, 0) is 0 Å². The highest BCUT2D eigenvalue weighted by Gasteiger charge is 2.05. The lowest BCUT2D eigenvalue weighted by Gasteiger charge is -2.02. The van der Waals surface area contributed by atoms with Crippen LogP contribution in [-0.4, -0.2) is 20.2 Å². The van der Waals surface area contributed by atoms with Crippen LogP contribution in [0.15, 0.2) is 36.4 Å². The Morgan fingerprint density at radius 2 is 1.69 bits per heavy atom. The minimum absolute atomic E-state index is 0.0928. The van der Waals surface area contributed by atoms with E-state index in [9.17, 15) is 10.2 Å². The normalized spacial score (nSPS) is 11.0. The molecule has 0 aliphatic rings. The number of benzene rings is 2. The summed E-state index contributed by atoms with van der Waals surface area (Å²) in [5, 5.41) is 19.0. The number of fused-ring (bicyclic) bond motifs is 2. The minimum Gasteiger partial charge on any atom is -0.508 e. The van der Waals surface area contributed by atoms with Crippen LogP contribution >= 0.6 is 0 Å². The van der Waals surface area contributed by atoms with Crippen molar-refractivity contribution in [2.75, 3.05) is 0 Å². The van der Waals surface area contributed by atoms with E-state index in [1.165, 1.54) is 6.07 Å². The van der Waals surface area contributed by atoms with E-state index in [0.717, 1.165) is 0 Å². The molecule has 16 heavy (non-hydrogen) atoms. The molecule has 4 nitrogen and oxygen atoms in total. The predicted molar refractivity (Wildman–Crippen MR) is 60.4 cm³/mol. The maximum atomic E-state index is 9.63. The first-order valence-electron chi connectivity index (χ1n) is 4.82. The van der Waals surface area contributed by atoms with Crippen molar-refractivity contribution in [1.82, 2.24) is 9.97 Å². The molecule has 1 heterocycles. The van der Waals surface area contributed by atoms with E-state index in [-0.39, 0.29) is 11.5 Å². The molecule has 4 heteroatoms. The van der Waals surface area contributed by atoms with E-state index in [1.807, 2.05) is 0 Å². The fourth-order valence-electron chi connectivity index (χ4n) is 1.67. The van der Waals surface area contributed by atoms with E-state index in [4.69, 9.17) is 0 Å². The summed E-state index contributed by atoms with van der Waals surface area (Å²) < 4.78 is 0. The van der Waals surface area contributed by atoms with Gasteiger partial charge in [0.2, 0.25) is 0 Å². The second kappa shape index (κ2) is 3.06. The molecule has 0 aliphatic heterocycles. The SMILES string of the molecule is Oc1ccc2nc3cccc(O)c3nc2c1. The van der Waals surface area contributed by atoms with Gasteiger partial charge >= 0.3 is 0 Å². The Labute approximate surface area is 90.8 Å². The zero-order valence-electron chi connectivity index (χ0n) is 8.25. The van der Waals surface area contributed by atoms with Crippen molar-refractivity contribution in [3.05, 3.63) is 36.4 Å². The largest absolute Gasteiger partial charge is 0.508 e. The molecular formula is C12H8N2O2. The highest BCUT2D eigenvalue weighted by molar-refractivity contribution is 5.89. The molecule has 0 radical (unpaired) electrons. The summed E-state index contributed by atoms with van der Waals surface area (Å²) in [7, 11) is 0. The van der Waals surface area contributed by atoms with Crippen LogP contribution in [0.4, 0.5) is 0 Å². The Morgan fingerprint density at radius 3 is 2.56 bits per heavy atom. The number of hydrogen-bond acceptors (Lipinski definition) is 4. The van der Waals surface area contributed by atoms with E-state index in [2.05, 4.69) is 9.97 Å². The van der Waals surface area contributed by atoms with E-state index in [1.54, 1.807) is 30.3 Å². The third-order valence-corrected chi connectivity index (χ3v) is 2.43. The van der Waals surface area contributed by atoms with Crippen molar-refractivity contribution in [3.63, 3.8) is 0 Å². The highest BCUT2D eigenvalue weighted by Crippen LogP contribution is 2.24. The second-order valence-corrected chi connectivity index (χ2v) is 3.54. The molecule has 0 saturated carbocycles. The van der Waals surface area contributed by atoms with Gasteiger partial charge in [-0.3, -0.25) is 0 Å². The minimum atomic E-state index is 0.0928. The Bertz CT molecular complexity index is 695. The number of phenols is 2. The van der Waals surface area contributed by atoms with Crippen LogP contribution in [0.5, 0.6) is 11.5 Å². The summed E-state index contributed by atoms with van der Waals surface area (Å²) in [6, 6.07) is 9.85. The standard InChI is InChI=1S/C12H8N2O2/c15-7-4-5-8-10(6-7)14-12-9(13-8)2-1-3-11(12)16/h1-6,15-16H. The van der Waals surface area contributed by atoms with Gasteiger partial charge in [0.25, 0.3) is 0 Å². The number of nitrogens with zero attached hydrogens (tertiary/aromatic N) is 2. The first-order valence-corrected chi connectivity index (χ1v) is 4.82. The number of hydrogen-bond donors (Lipinski definition) is 2. The quantitative estimate of drug-likeness (QED) is 0.560. The first kappa shape index (κ1) is 8.91. The molecule has 0 aliphatic carbocycles. The highest BCUT2D eigenvalue weighted by atomic mass is 16.3. The lowest BCUT2D eigenvalue weighted by atomic mass is 10.2. The van der Waals surface area contributed by atoms with Crippen LogP contribution in [0.2, 0.25) is 0 Å². The maximum absolute atomic E-state index is 9.63. The van der Waals surface area contributed by atoms with Crippen molar-refractivity contribution < 1.29 is 10.2 Å². The van der Waals surface area contributed by atoms with Gasteiger partial charge in [-0.2, -0.15) is 0 Å². The molecule has 78 valence electrons. The van der Waals surface area contributed by atoms with Gasteiger partial charge in [-0.05, 0) is 24.3 Å². The van der Waals surface area contributed by atoms with Crippen molar-refractivity contribution in [1.29, 1.82) is 0 Å². The number of phenolic OH excluding ortho intramolecular Hbond substituents is 2. The van der Waals surface area contributed by atoms with Gasteiger partial charge < -0.3 is 10.2 Å². The number of rotatable bonds is 0. The van der Waals surface area contributed by atoms with Gasteiger partial charge in [0.15, 0.2) is 0 Å².